The zero-order valence-electron chi connectivity index (χ0n) is 42.2. The summed E-state index contributed by atoms with van der Waals surface area (Å²) in [6, 6.07) is 38.3. The molecule has 5 aromatic rings. The minimum Gasteiger partial charge on any atom is -0.310 e. The molecule has 0 radical (unpaired) electrons. The second kappa shape index (κ2) is 13.5. The summed E-state index contributed by atoms with van der Waals surface area (Å²) in [5.41, 5.74) is 23.3. The van der Waals surface area contributed by atoms with Crippen LogP contribution in [0.3, 0.4) is 0 Å². The summed E-state index contributed by atoms with van der Waals surface area (Å²) in [4.78, 5) is 2.69. The molecule has 8 aliphatic rings. The average molecular weight is 860 g/mol. The molecular formula is C64H77N. The molecule has 0 aliphatic heterocycles. The van der Waals surface area contributed by atoms with Gasteiger partial charge in [-0.25, -0.2) is 0 Å². The van der Waals surface area contributed by atoms with E-state index in [4.69, 9.17) is 0 Å². The van der Waals surface area contributed by atoms with Crippen LogP contribution in [0.4, 0.5) is 17.1 Å². The predicted octanol–water partition coefficient (Wildman–Crippen LogP) is 17.6. The third kappa shape index (κ3) is 6.07. The molecule has 4 fully saturated rings. The van der Waals surface area contributed by atoms with Crippen molar-refractivity contribution in [2.24, 2.45) is 23.7 Å². The average Bonchev–Trinajstić information content (AvgIpc) is 3.54. The molecule has 65 heavy (non-hydrogen) atoms. The van der Waals surface area contributed by atoms with E-state index in [1.165, 1.54) is 132 Å². The summed E-state index contributed by atoms with van der Waals surface area (Å²) in [6.07, 6.45) is 14.4. The first-order valence-corrected chi connectivity index (χ1v) is 26.1. The highest BCUT2D eigenvalue weighted by Crippen LogP contribution is 2.70. The van der Waals surface area contributed by atoms with Crippen LogP contribution in [-0.4, -0.2) is 0 Å². The summed E-state index contributed by atoms with van der Waals surface area (Å²) in [7, 11) is 0. The number of nitrogens with zero attached hydrogens (tertiary/aromatic N) is 1. The smallest absolute Gasteiger partial charge is 0.0465 e. The number of anilines is 3. The van der Waals surface area contributed by atoms with Crippen molar-refractivity contribution in [2.45, 2.75) is 192 Å². The maximum atomic E-state index is 2.74. The van der Waals surface area contributed by atoms with Crippen LogP contribution in [0.1, 0.15) is 198 Å². The fraction of sp³-hybridized carbons (Fsp3) is 0.531. The number of benzene rings is 5. The minimum absolute atomic E-state index is 0.0506. The van der Waals surface area contributed by atoms with E-state index in [2.05, 4.69) is 179 Å². The Morgan fingerprint density at radius 1 is 0.323 bits per heavy atom. The molecule has 0 atom stereocenters. The van der Waals surface area contributed by atoms with Gasteiger partial charge < -0.3 is 4.90 Å². The molecule has 13 rings (SSSR count). The van der Waals surface area contributed by atoms with E-state index in [-0.39, 0.29) is 37.9 Å². The summed E-state index contributed by atoms with van der Waals surface area (Å²) in [5, 5.41) is 0. The SMILES string of the molecule is CC1(C)CCC(C)(C)c2cc(-c3ccc4c(c3)C3(c5cc(N(c6ccc7c(c6)C(C)(C)CCC7(C)C)c6ccc7c(c6)C(C)(C)CCC7(C)C)ccc5-4)C4CC5CC(C4)CC3C5)ccc21. The van der Waals surface area contributed by atoms with Crippen molar-refractivity contribution in [3.8, 4) is 22.3 Å². The van der Waals surface area contributed by atoms with Crippen molar-refractivity contribution < 1.29 is 0 Å². The van der Waals surface area contributed by atoms with E-state index in [9.17, 15) is 0 Å². The summed E-state index contributed by atoms with van der Waals surface area (Å²) in [5.74, 6) is 3.19. The molecule has 0 N–H and O–H groups in total. The van der Waals surface area contributed by atoms with Crippen molar-refractivity contribution in [3.63, 3.8) is 0 Å². The van der Waals surface area contributed by atoms with Crippen molar-refractivity contribution in [2.75, 3.05) is 4.90 Å². The van der Waals surface area contributed by atoms with Crippen LogP contribution in [0, 0.1) is 23.7 Å². The highest BCUT2D eigenvalue weighted by Gasteiger charge is 2.62. The first-order chi connectivity index (χ1) is 30.6. The van der Waals surface area contributed by atoms with Crippen LogP contribution in [0.15, 0.2) is 91.0 Å². The fourth-order valence-corrected chi connectivity index (χ4v) is 16.1. The van der Waals surface area contributed by atoms with Gasteiger partial charge in [-0.1, -0.05) is 132 Å². The Morgan fingerprint density at radius 3 is 1.08 bits per heavy atom. The Labute approximate surface area is 393 Å². The van der Waals surface area contributed by atoms with E-state index < -0.39 is 0 Å². The topological polar surface area (TPSA) is 3.24 Å². The number of hydrogen-bond donors (Lipinski definition) is 0. The van der Waals surface area contributed by atoms with E-state index in [0.717, 1.165) is 11.8 Å². The third-order valence-corrected chi connectivity index (χ3v) is 20.3. The first kappa shape index (κ1) is 42.3. The largest absolute Gasteiger partial charge is 0.310 e. The van der Waals surface area contributed by atoms with Gasteiger partial charge in [0, 0.05) is 22.5 Å². The lowest BCUT2D eigenvalue weighted by molar-refractivity contribution is -0.0399. The standard InChI is InChI=1S/C64H77N/c1-58(2)23-26-61(7,8)55-35-42(14-20-50(55)58)41-13-18-48-49-19-15-45(36-54(49)64(53(48)34-41)43-30-39-29-40(32-43)33-44(64)31-39)65(46-16-21-51-56(37-46)62(9,10)27-24-59(51,3)4)47-17-22-52-57(38-47)63(11,12)28-25-60(52,5)6/h13-22,34-40,43-44H,23-33H2,1-12H3. The van der Waals surface area contributed by atoms with E-state index >= 15 is 0 Å². The first-order valence-electron chi connectivity index (χ1n) is 26.1. The van der Waals surface area contributed by atoms with Crippen LogP contribution in [-0.2, 0) is 37.9 Å². The molecule has 0 saturated heterocycles. The van der Waals surface area contributed by atoms with E-state index in [1.807, 2.05) is 0 Å². The molecule has 0 unspecified atom stereocenters. The Balaban J connectivity index is 1.06. The second-order valence-corrected chi connectivity index (χ2v) is 27.0. The molecule has 1 spiro atoms. The molecule has 0 heterocycles. The van der Waals surface area contributed by atoms with Gasteiger partial charge in [-0.05, 0) is 236 Å². The molecule has 4 bridgehead atoms. The Hall–Kier alpha value is -4.10. The molecule has 5 aromatic carbocycles. The van der Waals surface area contributed by atoms with Crippen molar-refractivity contribution in [1.29, 1.82) is 0 Å². The molecule has 0 aromatic heterocycles. The van der Waals surface area contributed by atoms with E-state index in [0.29, 0.717) is 11.8 Å². The lowest BCUT2D eigenvalue weighted by atomic mass is 9.43. The van der Waals surface area contributed by atoms with Crippen LogP contribution < -0.4 is 4.90 Å². The predicted molar refractivity (Wildman–Crippen MR) is 276 cm³/mol. The van der Waals surface area contributed by atoms with Gasteiger partial charge in [0.2, 0.25) is 0 Å². The maximum absolute atomic E-state index is 2.74. The lowest BCUT2D eigenvalue weighted by Crippen LogP contribution is -2.55. The molecular weight excluding hydrogens is 783 g/mol. The maximum Gasteiger partial charge on any atom is 0.0465 e. The normalized spacial score (nSPS) is 29.4. The van der Waals surface area contributed by atoms with Gasteiger partial charge in [-0.3, -0.25) is 0 Å². The number of hydrogen-bond acceptors (Lipinski definition) is 1. The van der Waals surface area contributed by atoms with Gasteiger partial charge in [0.1, 0.15) is 0 Å². The molecule has 1 nitrogen and oxygen atoms in total. The van der Waals surface area contributed by atoms with Gasteiger partial charge in [0.05, 0.1) is 0 Å². The summed E-state index contributed by atoms with van der Waals surface area (Å²) >= 11 is 0. The number of rotatable bonds is 4. The zero-order chi connectivity index (χ0) is 45.4. The van der Waals surface area contributed by atoms with Crippen molar-refractivity contribution in [3.05, 3.63) is 136 Å². The Bertz CT molecular complexity index is 2690. The van der Waals surface area contributed by atoms with E-state index in [1.54, 1.807) is 22.3 Å². The second-order valence-electron chi connectivity index (χ2n) is 27.0. The van der Waals surface area contributed by atoms with Gasteiger partial charge >= 0.3 is 0 Å². The van der Waals surface area contributed by atoms with Crippen LogP contribution in [0.2, 0.25) is 0 Å². The Kier molecular flexibility index (Phi) is 8.80. The summed E-state index contributed by atoms with van der Waals surface area (Å²) < 4.78 is 0. The zero-order valence-corrected chi connectivity index (χ0v) is 42.2. The molecule has 8 aliphatic carbocycles. The quantitative estimate of drug-likeness (QED) is 0.174. The highest BCUT2D eigenvalue weighted by molar-refractivity contribution is 5.88. The van der Waals surface area contributed by atoms with Gasteiger partial charge in [-0.2, -0.15) is 0 Å². The van der Waals surface area contributed by atoms with Crippen molar-refractivity contribution >= 4 is 17.1 Å². The lowest BCUT2D eigenvalue weighted by Gasteiger charge is -2.61. The van der Waals surface area contributed by atoms with Gasteiger partial charge in [0.25, 0.3) is 0 Å². The van der Waals surface area contributed by atoms with Gasteiger partial charge in [-0.15, -0.1) is 0 Å². The van der Waals surface area contributed by atoms with Gasteiger partial charge in [0.15, 0.2) is 0 Å². The third-order valence-electron chi connectivity index (χ3n) is 20.3. The van der Waals surface area contributed by atoms with Crippen LogP contribution >= 0.6 is 0 Å². The van der Waals surface area contributed by atoms with Crippen molar-refractivity contribution in [1.82, 2.24) is 0 Å². The monoisotopic (exact) mass is 860 g/mol. The molecule has 0 amide bonds. The van der Waals surface area contributed by atoms with Crippen LogP contribution in [0.5, 0.6) is 0 Å². The van der Waals surface area contributed by atoms with Crippen LogP contribution in [0.25, 0.3) is 22.3 Å². The Morgan fingerprint density at radius 2 is 0.631 bits per heavy atom. The number of fused-ring (bicyclic) bond motifs is 6. The molecule has 338 valence electrons. The summed E-state index contributed by atoms with van der Waals surface area (Å²) in [6.45, 7) is 29.7. The molecule has 4 saturated carbocycles. The fourth-order valence-electron chi connectivity index (χ4n) is 16.1. The molecule has 1 heteroatoms. The minimum atomic E-state index is 0.0506. The highest BCUT2D eigenvalue weighted by atomic mass is 15.1.